The van der Waals surface area contributed by atoms with Crippen molar-refractivity contribution in [3.05, 3.63) is 71.2 Å². The van der Waals surface area contributed by atoms with Crippen molar-refractivity contribution in [1.29, 1.82) is 0 Å². The lowest BCUT2D eigenvalue weighted by Crippen LogP contribution is -2.14. The SMILES string of the molecule is O=C(Nc1cccc(C(F)(F)F)c1)c1ncoc1-c1ccccc1Cl. The molecule has 25 heavy (non-hydrogen) atoms. The molecule has 0 atom stereocenters. The summed E-state index contributed by atoms with van der Waals surface area (Å²) >= 11 is 6.08. The average Bonchev–Trinajstić information content (AvgIpc) is 3.04. The molecular formula is C17H10ClF3N2O2. The van der Waals surface area contributed by atoms with E-state index in [9.17, 15) is 18.0 Å². The predicted molar refractivity (Wildman–Crippen MR) is 86.3 cm³/mol. The van der Waals surface area contributed by atoms with E-state index < -0.39 is 17.6 Å². The molecule has 1 aromatic heterocycles. The molecule has 8 heteroatoms. The Labute approximate surface area is 145 Å². The second kappa shape index (κ2) is 6.60. The van der Waals surface area contributed by atoms with Crippen LogP contribution in [0, 0.1) is 0 Å². The molecule has 0 aliphatic carbocycles. The lowest BCUT2D eigenvalue weighted by atomic mass is 10.1. The number of carbonyl (C=O) groups is 1. The Bertz CT molecular complexity index is 922. The summed E-state index contributed by atoms with van der Waals surface area (Å²) in [6.07, 6.45) is -3.43. The lowest BCUT2D eigenvalue weighted by Gasteiger charge is -2.09. The minimum atomic E-state index is -4.50. The quantitative estimate of drug-likeness (QED) is 0.687. The van der Waals surface area contributed by atoms with E-state index in [1.54, 1.807) is 24.3 Å². The largest absolute Gasteiger partial charge is 0.443 e. The van der Waals surface area contributed by atoms with E-state index in [0.717, 1.165) is 18.5 Å². The summed E-state index contributed by atoms with van der Waals surface area (Å²) in [6.45, 7) is 0. The van der Waals surface area contributed by atoms with Gasteiger partial charge in [-0.3, -0.25) is 4.79 Å². The Morgan fingerprint density at radius 2 is 1.88 bits per heavy atom. The first kappa shape index (κ1) is 17.0. The van der Waals surface area contributed by atoms with Crippen molar-refractivity contribution in [3.63, 3.8) is 0 Å². The standard InChI is InChI=1S/C17H10ClF3N2O2/c18-13-7-2-1-6-12(13)15-14(22-9-25-15)16(24)23-11-5-3-4-10(8-11)17(19,20)21/h1-9H,(H,23,24). The van der Waals surface area contributed by atoms with E-state index in [1.165, 1.54) is 12.1 Å². The maximum atomic E-state index is 12.8. The van der Waals surface area contributed by atoms with E-state index in [4.69, 9.17) is 16.0 Å². The highest BCUT2D eigenvalue weighted by Crippen LogP contribution is 2.32. The molecule has 1 heterocycles. The minimum Gasteiger partial charge on any atom is -0.443 e. The third-order valence-corrected chi connectivity index (χ3v) is 3.68. The Hall–Kier alpha value is -2.80. The number of nitrogens with zero attached hydrogens (tertiary/aromatic N) is 1. The summed E-state index contributed by atoms with van der Waals surface area (Å²) < 4.78 is 43.5. The number of alkyl halides is 3. The monoisotopic (exact) mass is 366 g/mol. The highest BCUT2D eigenvalue weighted by atomic mass is 35.5. The Morgan fingerprint density at radius 1 is 1.12 bits per heavy atom. The Morgan fingerprint density at radius 3 is 2.60 bits per heavy atom. The zero-order valence-corrected chi connectivity index (χ0v) is 13.2. The van der Waals surface area contributed by atoms with Crippen molar-refractivity contribution < 1.29 is 22.4 Å². The number of oxazole rings is 1. The van der Waals surface area contributed by atoms with E-state index in [2.05, 4.69) is 10.3 Å². The number of carbonyl (C=O) groups excluding carboxylic acids is 1. The van der Waals surface area contributed by atoms with Crippen LogP contribution in [0.15, 0.2) is 59.3 Å². The van der Waals surface area contributed by atoms with Crippen LogP contribution in [0.5, 0.6) is 0 Å². The molecule has 0 saturated carbocycles. The molecule has 0 radical (unpaired) electrons. The number of benzene rings is 2. The van der Waals surface area contributed by atoms with Crippen molar-refractivity contribution in [2.24, 2.45) is 0 Å². The van der Waals surface area contributed by atoms with Crippen molar-refractivity contribution in [2.45, 2.75) is 6.18 Å². The number of hydrogen-bond acceptors (Lipinski definition) is 3. The average molecular weight is 367 g/mol. The first-order chi connectivity index (χ1) is 11.9. The van der Waals surface area contributed by atoms with Gasteiger partial charge in [0.2, 0.25) is 0 Å². The summed E-state index contributed by atoms with van der Waals surface area (Å²) in [6, 6.07) is 11.0. The molecule has 0 unspecified atom stereocenters. The number of nitrogens with one attached hydrogen (secondary N) is 1. The van der Waals surface area contributed by atoms with Gasteiger partial charge < -0.3 is 9.73 Å². The molecule has 0 aliphatic rings. The van der Waals surface area contributed by atoms with Crippen LogP contribution < -0.4 is 5.32 Å². The van der Waals surface area contributed by atoms with E-state index in [1.807, 2.05) is 0 Å². The molecule has 0 fully saturated rings. The molecule has 3 rings (SSSR count). The van der Waals surface area contributed by atoms with Gasteiger partial charge in [-0.15, -0.1) is 0 Å². The van der Waals surface area contributed by atoms with Crippen molar-refractivity contribution in [3.8, 4) is 11.3 Å². The summed E-state index contributed by atoms with van der Waals surface area (Å²) in [7, 11) is 0. The maximum Gasteiger partial charge on any atom is 0.416 e. The summed E-state index contributed by atoms with van der Waals surface area (Å²) in [5.41, 5.74) is -0.494. The van der Waals surface area contributed by atoms with Crippen molar-refractivity contribution >= 4 is 23.2 Å². The second-order valence-electron chi connectivity index (χ2n) is 5.04. The van der Waals surface area contributed by atoms with E-state index in [-0.39, 0.29) is 17.1 Å². The van der Waals surface area contributed by atoms with Gasteiger partial charge in [0, 0.05) is 11.3 Å². The normalized spacial score (nSPS) is 11.4. The number of rotatable bonds is 3. The lowest BCUT2D eigenvalue weighted by molar-refractivity contribution is -0.137. The number of aromatic nitrogens is 1. The van der Waals surface area contributed by atoms with Gasteiger partial charge in [0.15, 0.2) is 17.8 Å². The predicted octanol–water partition coefficient (Wildman–Crippen LogP) is 5.27. The van der Waals surface area contributed by atoms with Gasteiger partial charge in [0.25, 0.3) is 5.91 Å². The van der Waals surface area contributed by atoms with Gasteiger partial charge in [-0.2, -0.15) is 13.2 Å². The molecule has 128 valence electrons. The first-order valence-corrected chi connectivity index (χ1v) is 7.41. The molecule has 4 nitrogen and oxygen atoms in total. The fraction of sp³-hybridized carbons (Fsp3) is 0.0588. The van der Waals surface area contributed by atoms with Crippen LogP contribution in [0.4, 0.5) is 18.9 Å². The second-order valence-corrected chi connectivity index (χ2v) is 5.45. The van der Waals surface area contributed by atoms with Crippen LogP contribution in [0.3, 0.4) is 0 Å². The highest BCUT2D eigenvalue weighted by Gasteiger charge is 2.30. The zero-order chi connectivity index (χ0) is 18.0. The molecule has 2 aromatic carbocycles. The smallest absolute Gasteiger partial charge is 0.416 e. The topological polar surface area (TPSA) is 55.1 Å². The minimum absolute atomic E-state index is 0.00654. The van der Waals surface area contributed by atoms with Gasteiger partial charge >= 0.3 is 6.18 Å². The fourth-order valence-corrected chi connectivity index (χ4v) is 2.43. The van der Waals surface area contributed by atoms with Crippen LogP contribution >= 0.6 is 11.6 Å². The third-order valence-electron chi connectivity index (χ3n) is 3.35. The van der Waals surface area contributed by atoms with Crippen molar-refractivity contribution in [2.75, 3.05) is 5.32 Å². The number of hydrogen-bond donors (Lipinski definition) is 1. The summed E-state index contributed by atoms with van der Waals surface area (Å²) in [5.74, 6) is -0.571. The molecular weight excluding hydrogens is 357 g/mol. The Balaban J connectivity index is 1.89. The Kier molecular flexibility index (Phi) is 4.50. The van der Waals surface area contributed by atoms with Crippen LogP contribution in [0.25, 0.3) is 11.3 Å². The van der Waals surface area contributed by atoms with Gasteiger partial charge in [-0.1, -0.05) is 29.8 Å². The molecule has 0 spiro atoms. The van der Waals surface area contributed by atoms with Crippen molar-refractivity contribution in [1.82, 2.24) is 4.98 Å². The fourth-order valence-electron chi connectivity index (χ4n) is 2.21. The van der Waals surface area contributed by atoms with E-state index >= 15 is 0 Å². The molecule has 3 aromatic rings. The maximum absolute atomic E-state index is 12.8. The van der Waals surface area contributed by atoms with Crippen LogP contribution in [0.2, 0.25) is 5.02 Å². The zero-order valence-electron chi connectivity index (χ0n) is 12.5. The highest BCUT2D eigenvalue weighted by molar-refractivity contribution is 6.33. The molecule has 1 N–H and O–H groups in total. The van der Waals surface area contributed by atoms with Gasteiger partial charge in [-0.25, -0.2) is 4.98 Å². The number of halogens is 4. The first-order valence-electron chi connectivity index (χ1n) is 7.03. The van der Waals surface area contributed by atoms with E-state index in [0.29, 0.717) is 10.6 Å². The van der Waals surface area contributed by atoms with Crippen LogP contribution in [-0.2, 0) is 6.18 Å². The van der Waals surface area contributed by atoms with Gasteiger partial charge in [-0.05, 0) is 30.3 Å². The van der Waals surface area contributed by atoms with Crippen LogP contribution in [0.1, 0.15) is 16.1 Å². The molecule has 0 saturated heterocycles. The van der Waals surface area contributed by atoms with Gasteiger partial charge in [0.1, 0.15) is 0 Å². The molecule has 0 aliphatic heterocycles. The van der Waals surface area contributed by atoms with Crippen LogP contribution in [-0.4, -0.2) is 10.9 Å². The van der Waals surface area contributed by atoms with Gasteiger partial charge in [0.05, 0.1) is 10.6 Å². The number of amides is 1. The number of anilines is 1. The third kappa shape index (κ3) is 3.66. The summed E-state index contributed by atoms with van der Waals surface area (Å²) in [5, 5.41) is 2.74. The summed E-state index contributed by atoms with van der Waals surface area (Å²) in [4.78, 5) is 16.2. The molecule has 1 amide bonds. The molecule has 0 bridgehead atoms.